The number of hydrogen-bond donors (Lipinski definition) is 1. The first-order valence-corrected chi connectivity index (χ1v) is 4.43. The van der Waals surface area contributed by atoms with Gasteiger partial charge in [-0.1, -0.05) is 11.8 Å². The number of hydrogen-bond acceptors (Lipinski definition) is 2. The maximum Gasteiger partial charge on any atom is 0.0711 e. The van der Waals surface area contributed by atoms with Gasteiger partial charge in [0.2, 0.25) is 0 Å². The van der Waals surface area contributed by atoms with Crippen LogP contribution in [0.5, 0.6) is 0 Å². The molecule has 0 unspecified atom stereocenters. The minimum Gasteiger partial charge on any atom is -0.320 e. The molecule has 0 aliphatic rings. The molecule has 1 heterocycles. The Kier molecular flexibility index (Phi) is 2.94. The molecule has 1 aromatic rings. The molecule has 0 aromatic carbocycles. The Balaban J connectivity index is 2.76. The van der Waals surface area contributed by atoms with Crippen molar-refractivity contribution in [3.63, 3.8) is 0 Å². The van der Waals surface area contributed by atoms with Gasteiger partial charge in [-0.15, -0.1) is 11.3 Å². The summed E-state index contributed by atoms with van der Waals surface area (Å²) in [6.07, 6.45) is 0. The van der Waals surface area contributed by atoms with Crippen LogP contribution in [0.15, 0.2) is 15.2 Å². The van der Waals surface area contributed by atoms with Gasteiger partial charge in [-0.2, -0.15) is 0 Å². The molecule has 52 valence electrons. The fraction of sp³-hybridized carbons (Fsp3) is 0.143. The highest BCUT2D eigenvalue weighted by Gasteiger charge is 1.90. The predicted octanol–water partition coefficient (Wildman–Crippen LogP) is 1.82. The molecule has 10 heavy (non-hydrogen) atoms. The lowest BCUT2D eigenvalue weighted by Gasteiger charge is -1.74. The second kappa shape index (κ2) is 3.77. The van der Waals surface area contributed by atoms with Crippen molar-refractivity contribution < 1.29 is 0 Å². The van der Waals surface area contributed by atoms with Gasteiger partial charge in [-0.25, -0.2) is 0 Å². The second-order valence-corrected chi connectivity index (χ2v) is 3.94. The van der Waals surface area contributed by atoms with Gasteiger partial charge >= 0.3 is 0 Å². The molecule has 0 saturated carbocycles. The van der Waals surface area contributed by atoms with Gasteiger partial charge < -0.3 is 5.73 Å². The summed E-state index contributed by atoms with van der Waals surface area (Å²) in [5.41, 5.74) is 6.23. The standard InChI is InChI=1S/C7H6BrNS/c8-7-4-6(5-10-7)2-1-3-9/h4-5H,3,9H2. The van der Waals surface area contributed by atoms with Gasteiger partial charge in [-0.05, 0) is 22.0 Å². The van der Waals surface area contributed by atoms with Crippen molar-refractivity contribution in [1.82, 2.24) is 0 Å². The first kappa shape index (κ1) is 7.80. The molecule has 1 nitrogen and oxygen atoms in total. The van der Waals surface area contributed by atoms with Crippen LogP contribution in [0.1, 0.15) is 5.56 Å². The van der Waals surface area contributed by atoms with E-state index >= 15 is 0 Å². The van der Waals surface area contributed by atoms with Crippen molar-refractivity contribution in [2.45, 2.75) is 0 Å². The van der Waals surface area contributed by atoms with Crippen LogP contribution in [-0.4, -0.2) is 6.54 Å². The van der Waals surface area contributed by atoms with Crippen LogP contribution in [0, 0.1) is 11.8 Å². The highest BCUT2D eigenvalue weighted by Crippen LogP contribution is 2.19. The van der Waals surface area contributed by atoms with Crippen LogP contribution >= 0.6 is 27.3 Å². The zero-order valence-corrected chi connectivity index (χ0v) is 7.63. The lowest BCUT2D eigenvalue weighted by Crippen LogP contribution is -1.92. The molecule has 2 N–H and O–H groups in total. The lowest BCUT2D eigenvalue weighted by molar-refractivity contribution is 1.30. The molecule has 0 radical (unpaired) electrons. The van der Waals surface area contributed by atoms with E-state index in [2.05, 4.69) is 27.8 Å². The number of thiophene rings is 1. The predicted molar refractivity (Wildman–Crippen MR) is 48.0 cm³/mol. The van der Waals surface area contributed by atoms with Crippen LogP contribution in [0.2, 0.25) is 0 Å². The summed E-state index contributed by atoms with van der Waals surface area (Å²) >= 11 is 4.97. The zero-order chi connectivity index (χ0) is 7.40. The third-order valence-electron chi connectivity index (χ3n) is 0.902. The quantitative estimate of drug-likeness (QED) is 0.657. The highest BCUT2D eigenvalue weighted by atomic mass is 79.9. The summed E-state index contributed by atoms with van der Waals surface area (Å²) in [6, 6.07) is 1.98. The third kappa shape index (κ3) is 2.14. The van der Waals surface area contributed by atoms with Crippen LogP contribution < -0.4 is 5.73 Å². The Hall–Kier alpha value is -0.300. The molecule has 3 heteroatoms. The van der Waals surface area contributed by atoms with E-state index in [9.17, 15) is 0 Å². The Morgan fingerprint density at radius 1 is 1.70 bits per heavy atom. The summed E-state index contributed by atoms with van der Waals surface area (Å²) in [6.45, 7) is 0.424. The number of nitrogens with two attached hydrogens (primary N) is 1. The smallest absolute Gasteiger partial charge is 0.0711 e. The van der Waals surface area contributed by atoms with Gasteiger partial charge in [0.1, 0.15) is 0 Å². The lowest BCUT2D eigenvalue weighted by atomic mass is 10.3. The average molecular weight is 216 g/mol. The largest absolute Gasteiger partial charge is 0.320 e. The van der Waals surface area contributed by atoms with E-state index in [-0.39, 0.29) is 0 Å². The molecule has 1 rings (SSSR count). The van der Waals surface area contributed by atoms with Crippen LogP contribution in [0.4, 0.5) is 0 Å². The number of halogens is 1. The van der Waals surface area contributed by atoms with E-state index in [1.165, 1.54) is 0 Å². The summed E-state index contributed by atoms with van der Waals surface area (Å²) < 4.78 is 1.11. The van der Waals surface area contributed by atoms with E-state index in [0.29, 0.717) is 6.54 Å². The van der Waals surface area contributed by atoms with Gasteiger partial charge in [0.25, 0.3) is 0 Å². The van der Waals surface area contributed by atoms with Gasteiger partial charge in [-0.3, -0.25) is 0 Å². The summed E-state index contributed by atoms with van der Waals surface area (Å²) in [5, 5.41) is 1.99. The summed E-state index contributed by atoms with van der Waals surface area (Å²) in [4.78, 5) is 0. The van der Waals surface area contributed by atoms with E-state index in [4.69, 9.17) is 5.73 Å². The Bertz CT molecular complexity index is 269. The molecule has 0 fully saturated rings. The van der Waals surface area contributed by atoms with Crippen molar-refractivity contribution in [2.24, 2.45) is 5.73 Å². The molecule has 0 saturated heterocycles. The SMILES string of the molecule is NCC#Cc1csc(Br)c1. The summed E-state index contributed by atoms with van der Waals surface area (Å²) in [7, 11) is 0. The fourth-order valence-electron chi connectivity index (χ4n) is 0.529. The van der Waals surface area contributed by atoms with Crippen LogP contribution in [-0.2, 0) is 0 Å². The molecular weight excluding hydrogens is 210 g/mol. The Labute approximate surface area is 72.4 Å². The first-order valence-electron chi connectivity index (χ1n) is 2.76. The maximum atomic E-state index is 5.20. The molecule has 0 spiro atoms. The van der Waals surface area contributed by atoms with Crippen molar-refractivity contribution in [3.05, 3.63) is 20.8 Å². The molecule has 0 aliphatic carbocycles. The van der Waals surface area contributed by atoms with Gasteiger partial charge in [0, 0.05) is 10.9 Å². The third-order valence-corrected chi connectivity index (χ3v) is 2.41. The minimum atomic E-state index is 0.424. The molecule has 1 aromatic heterocycles. The first-order chi connectivity index (χ1) is 4.83. The number of rotatable bonds is 0. The molecule has 0 atom stereocenters. The van der Waals surface area contributed by atoms with Crippen LogP contribution in [0.3, 0.4) is 0 Å². The Morgan fingerprint density at radius 3 is 3.00 bits per heavy atom. The van der Waals surface area contributed by atoms with Crippen molar-refractivity contribution >= 4 is 27.3 Å². The highest BCUT2D eigenvalue weighted by molar-refractivity contribution is 9.11. The van der Waals surface area contributed by atoms with Gasteiger partial charge in [0.15, 0.2) is 0 Å². The topological polar surface area (TPSA) is 26.0 Å². The van der Waals surface area contributed by atoms with Crippen molar-refractivity contribution in [2.75, 3.05) is 6.54 Å². The van der Waals surface area contributed by atoms with E-state index in [0.717, 1.165) is 9.35 Å². The molecule has 0 bridgehead atoms. The minimum absolute atomic E-state index is 0.424. The average Bonchev–Trinajstić information content (AvgIpc) is 2.31. The second-order valence-electron chi connectivity index (χ2n) is 1.65. The Morgan fingerprint density at radius 2 is 2.50 bits per heavy atom. The molecule has 0 amide bonds. The summed E-state index contributed by atoms with van der Waals surface area (Å²) in [5.74, 6) is 5.71. The van der Waals surface area contributed by atoms with Crippen molar-refractivity contribution in [3.8, 4) is 11.8 Å². The zero-order valence-electron chi connectivity index (χ0n) is 5.23. The maximum absolute atomic E-state index is 5.20. The van der Waals surface area contributed by atoms with E-state index < -0.39 is 0 Å². The monoisotopic (exact) mass is 215 g/mol. The van der Waals surface area contributed by atoms with E-state index in [1.807, 2.05) is 11.4 Å². The van der Waals surface area contributed by atoms with Crippen molar-refractivity contribution in [1.29, 1.82) is 0 Å². The molecular formula is C7H6BrNS. The van der Waals surface area contributed by atoms with E-state index in [1.54, 1.807) is 11.3 Å². The van der Waals surface area contributed by atoms with Gasteiger partial charge in [0.05, 0.1) is 10.3 Å². The normalized spacial score (nSPS) is 8.60. The molecule has 0 aliphatic heterocycles. The van der Waals surface area contributed by atoms with Crippen LogP contribution in [0.25, 0.3) is 0 Å². The fourth-order valence-corrected chi connectivity index (χ4v) is 1.62.